The average Bonchev–Trinajstić information content (AvgIpc) is 2.57. The topological polar surface area (TPSA) is 80.5 Å². The fourth-order valence-electron chi connectivity index (χ4n) is 1.65. The molecule has 0 aliphatic heterocycles. The van der Waals surface area contributed by atoms with Gasteiger partial charge in [-0.15, -0.1) is 0 Å². The lowest BCUT2D eigenvalue weighted by Crippen LogP contribution is -2.05. The second-order valence-electron chi connectivity index (χ2n) is 3.96. The lowest BCUT2D eigenvalue weighted by Gasteiger charge is -2.06. The Hall–Kier alpha value is -2.35. The van der Waals surface area contributed by atoms with Crippen LogP contribution in [0.3, 0.4) is 0 Å². The van der Waals surface area contributed by atoms with Gasteiger partial charge in [0.2, 0.25) is 0 Å². The van der Waals surface area contributed by atoms with E-state index < -0.39 is 0 Å². The minimum atomic E-state index is 0.426. The molecule has 2 aromatic rings. The summed E-state index contributed by atoms with van der Waals surface area (Å²) in [7, 11) is 0. The highest BCUT2D eigenvalue weighted by molar-refractivity contribution is 5.52. The van der Waals surface area contributed by atoms with E-state index in [2.05, 4.69) is 16.2 Å². The van der Waals surface area contributed by atoms with Crippen LogP contribution in [0.4, 0.5) is 5.69 Å². The van der Waals surface area contributed by atoms with Crippen molar-refractivity contribution in [3.8, 4) is 11.9 Å². The standard InChI is InChI=1S/C12H13N5/c1-7-8(2)16-17(9(7)3)12-10(5-13)4-11(14)6-15-12/h4,6H,14H2,1-3H3. The maximum absolute atomic E-state index is 9.08. The van der Waals surface area contributed by atoms with Crippen LogP contribution in [0.1, 0.15) is 22.5 Å². The van der Waals surface area contributed by atoms with Gasteiger partial charge in [-0.05, 0) is 32.4 Å². The van der Waals surface area contributed by atoms with Crippen molar-refractivity contribution in [2.24, 2.45) is 0 Å². The van der Waals surface area contributed by atoms with Crippen LogP contribution in [-0.4, -0.2) is 14.8 Å². The van der Waals surface area contributed by atoms with Crippen LogP contribution >= 0.6 is 0 Å². The second-order valence-corrected chi connectivity index (χ2v) is 3.96. The van der Waals surface area contributed by atoms with Gasteiger partial charge in [-0.1, -0.05) is 0 Å². The van der Waals surface area contributed by atoms with Crippen molar-refractivity contribution in [3.63, 3.8) is 0 Å². The molecule has 0 saturated heterocycles. The monoisotopic (exact) mass is 227 g/mol. The van der Waals surface area contributed by atoms with E-state index in [0.717, 1.165) is 17.0 Å². The smallest absolute Gasteiger partial charge is 0.171 e. The molecule has 0 spiro atoms. The first-order chi connectivity index (χ1) is 8.04. The Labute approximate surface area is 99.5 Å². The van der Waals surface area contributed by atoms with Crippen molar-refractivity contribution >= 4 is 5.69 Å². The lowest BCUT2D eigenvalue weighted by molar-refractivity contribution is 0.803. The Balaban J connectivity index is 2.69. The molecule has 2 aromatic heterocycles. The van der Waals surface area contributed by atoms with E-state index in [1.807, 2.05) is 20.8 Å². The summed E-state index contributed by atoms with van der Waals surface area (Å²) in [6.45, 7) is 5.88. The average molecular weight is 227 g/mol. The molecule has 0 aliphatic carbocycles. The van der Waals surface area contributed by atoms with Crippen LogP contribution in [0, 0.1) is 32.1 Å². The van der Waals surface area contributed by atoms with E-state index in [1.165, 1.54) is 6.20 Å². The summed E-state index contributed by atoms with van der Waals surface area (Å²) in [5.41, 5.74) is 9.54. The quantitative estimate of drug-likeness (QED) is 0.803. The summed E-state index contributed by atoms with van der Waals surface area (Å²) >= 11 is 0. The van der Waals surface area contributed by atoms with Crippen molar-refractivity contribution in [1.82, 2.24) is 14.8 Å². The summed E-state index contributed by atoms with van der Waals surface area (Å²) in [6, 6.07) is 3.69. The van der Waals surface area contributed by atoms with Gasteiger partial charge in [0.15, 0.2) is 5.82 Å². The number of hydrogen-bond acceptors (Lipinski definition) is 4. The molecule has 0 atom stereocenters. The van der Waals surface area contributed by atoms with Gasteiger partial charge in [0.1, 0.15) is 6.07 Å². The molecule has 0 amide bonds. The maximum atomic E-state index is 9.08. The van der Waals surface area contributed by atoms with Crippen LogP contribution in [0.15, 0.2) is 12.3 Å². The van der Waals surface area contributed by atoms with Crippen LogP contribution < -0.4 is 5.73 Å². The highest BCUT2D eigenvalue weighted by Gasteiger charge is 2.13. The molecule has 0 aromatic carbocycles. The number of nitriles is 1. The molecule has 0 saturated carbocycles. The highest BCUT2D eigenvalue weighted by Crippen LogP contribution is 2.19. The number of anilines is 1. The molecule has 86 valence electrons. The van der Waals surface area contributed by atoms with E-state index in [4.69, 9.17) is 11.0 Å². The second kappa shape index (κ2) is 3.91. The molecule has 0 radical (unpaired) electrons. The summed E-state index contributed by atoms with van der Waals surface area (Å²) in [6.07, 6.45) is 1.53. The molecule has 0 fully saturated rings. The third-order valence-electron chi connectivity index (χ3n) is 2.86. The van der Waals surface area contributed by atoms with E-state index in [0.29, 0.717) is 17.1 Å². The van der Waals surface area contributed by atoms with Crippen LogP contribution in [0.5, 0.6) is 0 Å². The molecule has 2 N–H and O–H groups in total. The Morgan fingerprint density at radius 2 is 2.06 bits per heavy atom. The van der Waals surface area contributed by atoms with Gasteiger partial charge in [-0.2, -0.15) is 10.4 Å². The number of nitrogens with two attached hydrogens (primary N) is 1. The van der Waals surface area contributed by atoms with Crippen LogP contribution in [-0.2, 0) is 0 Å². The van der Waals surface area contributed by atoms with Gasteiger partial charge in [0.25, 0.3) is 0 Å². The number of nitrogen functional groups attached to an aromatic ring is 1. The van der Waals surface area contributed by atoms with Gasteiger partial charge in [-0.3, -0.25) is 0 Å². The van der Waals surface area contributed by atoms with Crippen molar-refractivity contribution in [2.45, 2.75) is 20.8 Å². The van der Waals surface area contributed by atoms with Crippen LogP contribution in [0.2, 0.25) is 0 Å². The largest absolute Gasteiger partial charge is 0.397 e. The zero-order chi connectivity index (χ0) is 12.6. The van der Waals surface area contributed by atoms with Crippen LogP contribution in [0.25, 0.3) is 5.82 Å². The summed E-state index contributed by atoms with van der Waals surface area (Å²) < 4.78 is 1.68. The summed E-state index contributed by atoms with van der Waals surface area (Å²) in [5, 5.41) is 13.5. The van der Waals surface area contributed by atoms with E-state index in [-0.39, 0.29) is 0 Å². The number of aromatic nitrogens is 3. The summed E-state index contributed by atoms with van der Waals surface area (Å²) in [5.74, 6) is 0.524. The van der Waals surface area contributed by atoms with Gasteiger partial charge in [0, 0.05) is 5.69 Å². The first kappa shape index (κ1) is 11.1. The molecule has 5 heteroatoms. The summed E-state index contributed by atoms with van der Waals surface area (Å²) in [4.78, 5) is 4.19. The Morgan fingerprint density at radius 3 is 2.59 bits per heavy atom. The zero-order valence-corrected chi connectivity index (χ0v) is 10.0. The number of hydrogen-bond donors (Lipinski definition) is 1. The molecule has 17 heavy (non-hydrogen) atoms. The highest BCUT2D eigenvalue weighted by atomic mass is 15.3. The Kier molecular flexibility index (Phi) is 2.56. The molecule has 0 aliphatic rings. The van der Waals surface area contributed by atoms with Crippen molar-refractivity contribution in [1.29, 1.82) is 5.26 Å². The predicted octanol–water partition coefficient (Wildman–Crippen LogP) is 1.65. The molecule has 2 heterocycles. The minimum Gasteiger partial charge on any atom is -0.397 e. The Bertz CT molecular complexity index is 619. The first-order valence-corrected chi connectivity index (χ1v) is 5.23. The number of aryl methyl sites for hydroxylation is 1. The maximum Gasteiger partial charge on any atom is 0.171 e. The zero-order valence-electron chi connectivity index (χ0n) is 10.0. The molecule has 0 bridgehead atoms. The van der Waals surface area contributed by atoms with E-state index >= 15 is 0 Å². The molecule has 2 rings (SSSR count). The van der Waals surface area contributed by atoms with Gasteiger partial charge >= 0.3 is 0 Å². The lowest BCUT2D eigenvalue weighted by atomic mass is 10.2. The van der Waals surface area contributed by atoms with E-state index in [9.17, 15) is 0 Å². The van der Waals surface area contributed by atoms with Gasteiger partial charge in [0.05, 0.1) is 23.1 Å². The van der Waals surface area contributed by atoms with E-state index in [1.54, 1.807) is 10.7 Å². The normalized spacial score (nSPS) is 10.2. The fourth-order valence-corrected chi connectivity index (χ4v) is 1.65. The first-order valence-electron chi connectivity index (χ1n) is 5.23. The number of pyridine rings is 1. The SMILES string of the molecule is Cc1nn(-c2ncc(N)cc2C#N)c(C)c1C. The fraction of sp³-hybridized carbons (Fsp3) is 0.250. The molecular weight excluding hydrogens is 214 g/mol. The molecule has 5 nitrogen and oxygen atoms in total. The third kappa shape index (κ3) is 1.74. The third-order valence-corrected chi connectivity index (χ3v) is 2.86. The van der Waals surface area contributed by atoms with Crippen molar-refractivity contribution in [2.75, 3.05) is 5.73 Å². The number of rotatable bonds is 1. The van der Waals surface area contributed by atoms with Gasteiger partial charge < -0.3 is 5.73 Å². The molecule has 0 unspecified atom stereocenters. The van der Waals surface area contributed by atoms with Crippen molar-refractivity contribution < 1.29 is 0 Å². The number of nitrogens with zero attached hydrogens (tertiary/aromatic N) is 4. The van der Waals surface area contributed by atoms with Crippen molar-refractivity contribution in [3.05, 3.63) is 34.8 Å². The minimum absolute atomic E-state index is 0.426. The molecular formula is C12H13N5. The van der Waals surface area contributed by atoms with Gasteiger partial charge in [-0.25, -0.2) is 9.67 Å². The predicted molar refractivity (Wildman–Crippen MR) is 64.7 cm³/mol. The Morgan fingerprint density at radius 1 is 1.35 bits per heavy atom.